The van der Waals surface area contributed by atoms with Crippen molar-refractivity contribution in [1.29, 1.82) is 0 Å². The van der Waals surface area contributed by atoms with Crippen LogP contribution in [0.1, 0.15) is 21.5 Å². The van der Waals surface area contributed by atoms with Crippen LogP contribution in [0.5, 0.6) is 0 Å². The molecule has 1 amide bonds. The van der Waals surface area contributed by atoms with Gasteiger partial charge in [-0.25, -0.2) is 0 Å². The summed E-state index contributed by atoms with van der Waals surface area (Å²) >= 11 is 9.36. The van der Waals surface area contributed by atoms with Crippen LogP contribution in [0.2, 0.25) is 5.02 Å². The molecule has 0 fully saturated rings. The molecule has 0 aliphatic carbocycles. The van der Waals surface area contributed by atoms with Gasteiger partial charge in [-0.1, -0.05) is 45.7 Å². The smallest absolute Gasteiger partial charge is 0.280 e. The molecule has 2 aromatic rings. The van der Waals surface area contributed by atoms with Crippen LogP contribution in [0.15, 0.2) is 51.9 Å². The van der Waals surface area contributed by atoms with Gasteiger partial charge in [0, 0.05) is 16.6 Å². The second-order valence-electron chi connectivity index (χ2n) is 4.29. The summed E-state index contributed by atoms with van der Waals surface area (Å²) in [5, 5.41) is 0.345. The first-order chi connectivity index (χ1) is 10.0. The van der Waals surface area contributed by atoms with E-state index in [-0.39, 0.29) is 5.84 Å². The number of hydrogen-bond acceptors (Lipinski definition) is 2. The maximum atomic E-state index is 12.1. The number of nitrogens with two attached hydrogens (primary N) is 2. The molecule has 2 rings (SSSR count). The monoisotopic (exact) mass is 365 g/mol. The van der Waals surface area contributed by atoms with Crippen molar-refractivity contribution in [3.8, 4) is 0 Å². The molecular weight excluding hydrogens is 354 g/mol. The molecule has 0 heterocycles. The van der Waals surface area contributed by atoms with Crippen molar-refractivity contribution in [2.45, 2.75) is 6.54 Å². The molecule has 0 aliphatic heterocycles. The van der Waals surface area contributed by atoms with Crippen molar-refractivity contribution in [2.75, 3.05) is 0 Å². The van der Waals surface area contributed by atoms with Gasteiger partial charge in [-0.3, -0.25) is 4.79 Å². The second kappa shape index (κ2) is 6.85. The molecule has 4 nitrogen and oxygen atoms in total. The van der Waals surface area contributed by atoms with E-state index in [0.29, 0.717) is 22.7 Å². The Kier molecular flexibility index (Phi) is 5.12. The number of hydrogen-bond donors (Lipinski definition) is 2. The number of carbonyl (C=O) groups excluding carboxylic acids is 1. The van der Waals surface area contributed by atoms with E-state index in [1.165, 1.54) is 0 Å². The minimum Gasteiger partial charge on any atom is -0.383 e. The van der Waals surface area contributed by atoms with Crippen LogP contribution in [0.25, 0.3) is 0 Å². The van der Waals surface area contributed by atoms with Gasteiger partial charge in [0.05, 0.1) is 10.6 Å². The van der Waals surface area contributed by atoms with Gasteiger partial charge in [-0.05, 0) is 29.8 Å². The molecule has 0 aliphatic rings. The summed E-state index contributed by atoms with van der Waals surface area (Å²) in [6.45, 7) is 0.361. The predicted octanol–water partition coefficient (Wildman–Crippen LogP) is 3.11. The maximum Gasteiger partial charge on any atom is 0.280 e. The average molecular weight is 367 g/mol. The van der Waals surface area contributed by atoms with Gasteiger partial charge in [0.2, 0.25) is 0 Å². The highest BCUT2D eigenvalue weighted by Gasteiger charge is 2.10. The largest absolute Gasteiger partial charge is 0.383 e. The summed E-state index contributed by atoms with van der Waals surface area (Å²) in [7, 11) is 0. The Morgan fingerprint density at radius 2 is 1.95 bits per heavy atom. The van der Waals surface area contributed by atoms with E-state index in [1.807, 2.05) is 6.07 Å². The van der Waals surface area contributed by atoms with Crippen LogP contribution in [0.4, 0.5) is 0 Å². The van der Waals surface area contributed by atoms with E-state index in [9.17, 15) is 4.79 Å². The fourth-order valence-electron chi connectivity index (χ4n) is 1.76. The number of benzene rings is 2. The topological polar surface area (TPSA) is 81.5 Å². The minimum absolute atomic E-state index is 0.127. The molecule has 108 valence electrons. The van der Waals surface area contributed by atoms with Crippen LogP contribution in [-0.2, 0) is 6.54 Å². The van der Waals surface area contributed by atoms with Crippen molar-refractivity contribution in [3.63, 3.8) is 0 Å². The zero-order chi connectivity index (χ0) is 15.4. The van der Waals surface area contributed by atoms with Crippen molar-refractivity contribution in [3.05, 3.63) is 68.7 Å². The van der Waals surface area contributed by atoms with Crippen molar-refractivity contribution >= 4 is 39.3 Å². The lowest BCUT2D eigenvalue weighted by Crippen LogP contribution is -2.16. The molecule has 0 bridgehead atoms. The summed E-state index contributed by atoms with van der Waals surface area (Å²) < 4.78 is 0.888. The Morgan fingerprint density at radius 1 is 1.24 bits per heavy atom. The molecule has 6 heteroatoms. The third-order valence-electron chi connectivity index (χ3n) is 2.89. The molecule has 0 atom stereocenters. The number of carbonyl (C=O) groups is 1. The lowest BCUT2D eigenvalue weighted by Gasteiger charge is -2.06. The van der Waals surface area contributed by atoms with E-state index in [4.69, 9.17) is 23.1 Å². The first-order valence-corrected chi connectivity index (χ1v) is 7.32. The van der Waals surface area contributed by atoms with Gasteiger partial charge in [0.25, 0.3) is 5.91 Å². The summed E-state index contributed by atoms with van der Waals surface area (Å²) in [6.07, 6.45) is 0. The standard InChI is InChI=1S/C15H13BrClN3O/c16-12-6-5-9(7-10(12)8-18)14(19)20-15(21)11-3-1-2-4-13(11)17/h1-7H,8,18H2,(H2,19,20,21). The summed E-state index contributed by atoms with van der Waals surface area (Å²) in [5.74, 6) is -0.350. The van der Waals surface area contributed by atoms with Crippen LogP contribution in [0, 0.1) is 0 Å². The number of amidine groups is 1. The Morgan fingerprint density at radius 3 is 2.62 bits per heavy atom. The van der Waals surface area contributed by atoms with Crippen LogP contribution >= 0.6 is 27.5 Å². The Balaban J connectivity index is 2.33. The minimum atomic E-state index is -0.477. The lowest BCUT2D eigenvalue weighted by atomic mass is 10.1. The third-order valence-corrected chi connectivity index (χ3v) is 3.99. The molecule has 4 N–H and O–H groups in total. The van der Waals surface area contributed by atoms with E-state index in [0.717, 1.165) is 10.0 Å². The molecule has 0 radical (unpaired) electrons. The van der Waals surface area contributed by atoms with Crippen molar-refractivity contribution in [1.82, 2.24) is 0 Å². The van der Waals surface area contributed by atoms with E-state index >= 15 is 0 Å². The number of amides is 1. The zero-order valence-electron chi connectivity index (χ0n) is 11.0. The average Bonchev–Trinajstić information content (AvgIpc) is 2.48. The van der Waals surface area contributed by atoms with Gasteiger partial charge in [0.1, 0.15) is 5.84 Å². The fraction of sp³-hybridized carbons (Fsp3) is 0.0667. The summed E-state index contributed by atoms with van der Waals surface area (Å²) in [6, 6.07) is 12.1. The van der Waals surface area contributed by atoms with E-state index in [2.05, 4.69) is 20.9 Å². The number of halogens is 2. The Bertz CT molecular complexity index is 716. The zero-order valence-corrected chi connectivity index (χ0v) is 13.4. The molecule has 0 unspecified atom stereocenters. The van der Waals surface area contributed by atoms with Crippen molar-refractivity contribution < 1.29 is 4.79 Å². The quantitative estimate of drug-likeness (QED) is 0.647. The Hall–Kier alpha value is -1.69. The molecule has 21 heavy (non-hydrogen) atoms. The first-order valence-electron chi connectivity index (χ1n) is 6.15. The summed E-state index contributed by atoms with van der Waals surface area (Å²) in [5.41, 5.74) is 13.4. The molecular formula is C15H13BrClN3O. The normalized spacial score (nSPS) is 11.5. The number of rotatable bonds is 3. The van der Waals surface area contributed by atoms with Gasteiger partial charge < -0.3 is 11.5 Å². The van der Waals surface area contributed by atoms with E-state index < -0.39 is 5.91 Å². The molecule has 0 saturated carbocycles. The highest BCUT2D eigenvalue weighted by atomic mass is 79.9. The molecule has 2 aromatic carbocycles. The third kappa shape index (κ3) is 3.69. The SMILES string of the molecule is NCc1cc(C(N)=NC(=O)c2ccccc2Cl)ccc1Br. The van der Waals surface area contributed by atoms with Crippen LogP contribution < -0.4 is 11.5 Å². The van der Waals surface area contributed by atoms with Crippen LogP contribution in [-0.4, -0.2) is 11.7 Å². The highest BCUT2D eigenvalue weighted by Crippen LogP contribution is 2.19. The van der Waals surface area contributed by atoms with Crippen LogP contribution in [0.3, 0.4) is 0 Å². The van der Waals surface area contributed by atoms with Gasteiger partial charge in [0.15, 0.2) is 0 Å². The van der Waals surface area contributed by atoms with Crippen molar-refractivity contribution in [2.24, 2.45) is 16.5 Å². The van der Waals surface area contributed by atoms with Gasteiger partial charge in [-0.15, -0.1) is 0 Å². The summed E-state index contributed by atoms with van der Waals surface area (Å²) in [4.78, 5) is 16.0. The second-order valence-corrected chi connectivity index (χ2v) is 5.55. The predicted molar refractivity (Wildman–Crippen MR) is 88.5 cm³/mol. The van der Waals surface area contributed by atoms with Gasteiger partial charge >= 0.3 is 0 Å². The fourth-order valence-corrected chi connectivity index (χ4v) is 2.38. The highest BCUT2D eigenvalue weighted by molar-refractivity contribution is 9.10. The Labute approximate surface area is 135 Å². The molecule has 0 saturated heterocycles. The maximum absolute atomic E-state index is 12.1. The van der Waals surface area contributed by atoms with E-state index in [1.54, 1.807) is 36.4 Å². The first kappa shape index (κ1) is 15.7. The van der Waals surface area contributed by atoms with Gasteiger partial charge in [-0.2, -0.15) is 4.99 Å². The molecule has 0 aromatic heterocycles. The lowest BCUT2D eigenvalue weighted by molar-refractivity contribution is 0.100. The number of aliphatic imine (C=N–C) groups is 1. The number of nitrogens with zero attached hydrogens (tertiary/aromatic N) is 1. The molecule has 0 spiro atoms.